The third-order valence-corrected chi connectivity index (χ3v) is 3.00. The number of benzene rings is 1. The van der Waals surface area contributed by atoms with Crippen molar-refractivity contribution in [2.45, 2.75) is 25.8 Å². The maximum absolute atomic E-state index is 12.0. The van der Waals surface area contributed by atoms with Crippen LogP contribution in [0.3, 0.4) is 0 Å². The average Bonchev–Trinajstić information content (AvgIpc) is 3.25. The highest BCUT2D eigenvalue weighted by molar-refractivity contribution is 5.97. The molecule has 5 nitrogen and oxygen atoms in total. The van der Waals surface area contributed by atoms with E-state index in [1.54, 1.807) is 12.1 Å². The molecule has 0 bridgehead atoms. The van der Waals surface area contributed by atoms with Crippen LogP contribution >= 0.6 is 0 Å². The number of aryl methyl sites for hydroxylation is 1. The van der Waals surface area contributed by atoms with Gasteiger partial charge in [-0.25, -0.2) is 0 Å². The molecule has 0 saturated heterocycles. The smallest absolute Gasteiger partial charge is 0.251 e. The standard InChI is InChI=1S/C16H18N2O3/c1-11-7-12(3-2-6-19)9-13(8-11)16(21)17-10-15(20)18-14-4-5-14/h7-9,14,19H,4-6,10H2,1H3,(H,17,21)(H,18,20). The first kappa shape index (κ1) is 15.1. The minimum Gasteiger partial charge on any atom is -0.384 e. The molecule has 1 aromatic rings. The summed E-state index contributed by atoms with van der Waals surface area (Å²) in [5, 5.41) is 14.1. The van der Waals surface area contributed by atoms with Crippen molar-refractivity contribution in [1.29, 1.82) is 0 Å². The van der Waals surface area contributed by atoms with Crippen molar-refractivity contribution in [3.05, 3.63) is 34.9 Å². The summed E-state index contributed by atoms with van der Waals surface area (Å²) < 4.78 is 0. The van der Waals surface area contributed by atoms with E-state index in [2.05, 4.69) is 22.5 Å². The van der Waals surface area contributed by atoms with E-state index < -0.39 is 0 Å². The summed E-state index contributed by atoms with van der Waals surface area (Å²) in [6.45, 7) is 1.61. The van der Waals surface area contributed by atoms with Crippen LogP contribution in [0, 0.1) is 18.8 Å². The molecular formula is C16H18N2O3. The molecule has 0 spiro atoms. The largest absolute Gasteiger partial charge is 0.384 e. The Kier molecular flexibility index (Phi) is 4.96. The predicted octanol–water partition coefficient (Wildman–Crippen LogP) is 0.347. The van der Waals surface area contributed by atoms with Gasteiger partial charge < -0.3 is 15.7 Å². The number of carbonyl (C=O) groups is 2. The summed E-state index contributed by atoms with van der Waals surface area (Å²) in [5.41, 5.74) is 2.01. The van der Waals surface area contributed by atoms with Crippen LogP contribution in [-0.4, -0.2) is 36.1 Å². The molecule has 2 amide bonds. The lowest BCUT2D eigenvalue weighted by atomic mass is 10.1. The minimum atomic E-state index is -0.309. The minimum absolute atomic E-state index is 0.0269. The molecule has 0 radical (unpaired) electrons. The van der Waals surface area contributed by atoms with Crippen LogP contribution in [0.2, 0.25) is 0 Å². The molecule has 1 aromatic carbocycles. The molecule has 0 aliphatic heterocycles. The normalized spacial score (nSPS) is 13.0. The van der Waals surface area contributed by atoms with Crippen LogP contribution in [-0.2, 0) is 4.79 Å². The van der Waals surface area contributed by atoms with Gasteiger partial charge in [0.1, 0.15) is 6.61 Å². The first-order chi connectivity index (χ1) is 10.1. The van der Waals surface area contributed by atoms with Crippen molar-refractivity contribution in [3.63, 3.8) is 0 Å². The first-order valence-corrected chi connectivity index (χ1v) is 6.87. The van der Waals surface area contributed by atoms with Crippen molar-refractivity contribution < 1.29 is 14.7 Å². The number of nitrogens with one attached hydrogen (secondary N) is 2. The Labute approximate surface area is 123 Å². The molecule has 2 rings (SSSR count). The average molecular weight is 286 g/mol. The van der Waals surface area contributed by atoms with Gasteiger partial charge in [-0.2, -0.15) is 0 Å². The van der Waals surface area contributed by atoms with Crippen molar-refractivity contribution >= 4 is 11.8 Å². The Morgan fingerprint density at radius 3 is 2.76 bits per heavy atom. The maximum Gasteiger partial charge on any atom is 0.251 e. The van der Waals surface area contributed by atoms with E-state index in [9.17, 15) is 9.59 Å². The molecule has 0 unspecified atom stereocenters. The number of amides is 2. The summed E-state index contributed by atoms with van der Waals surface area (Å²) in [6, 6.07) is 5.50. The lowest BCUT2D eigenvalue weighted by molar-refractivity contribution is -0.120. The molecule has 1 fully saturated rings. The number of aliphatic hydroxyl groups is 1. The van der Waals surface area contributed by atoms with Crippen LogP contribution in [0.4, 0.5) is 0 Å². The second-order valence-electron chi connectivity index (χ2n) is 5.07. The second-order valence-corrected chi connectivity index (χ2v) is 5.07. The van der Waals surface area contributed by atoms with Gasteiger partial charge in [0.05, 0.1) is 6.54 Å². The molecule has 1 aliphatic carbocycles. The molecule has 3 N–H and O–H groups in total. The number of hydrogen-bond acceptors (Lipinski definition) is 3. The maximum atomic E-state index is 12.0. The van der Waals surface area contributed by atoms with Crippen LogP contribution in [0.5, 0.6) is 0 Å². The van der Waals surface area contributed by atoms with Gasteiger partial charge in [-0.3, -0.25) is 9.59 Å². The van der Waals surface area contributed by atoms with Crippen LogP contribution in [0.15, 0.2) is 18.2 Å². The lowest BCUT2D eigenvalue weighted by Crippen LogP contribution is -2.37. The van der Waals surface area contributed by atoms with Gasteiger partial charge in [-0.15, -0.1) is 0 Å². The van der Waals surface area contributed by atoms with Crippen LogP contribution in [0.1, 0.15) is 34.3 Å². The van der Waals surface area contributed by atoms with E-state index in [-0.39, 0.29) is 31.0 Å². The zero-order valence-electron chi connectivity index (χ0n) is 11.9. The Hall–Kier alpha value is -2.32. The van der Waals surface area contributed by atoms with Gasteiger partial charge >= 0.3 is 0 Å². The second kappa shape index (κ2) is 6.91. The molecule has 1 aliphatic rings. The van der Waals surface area contributed by atoms with Crippen molar-refractivity contribution in [2.75, 3.05) is 13.2 Å². The number of hydrogen-bond donors (Lipinski definition) is 3. The van der Waals surface area contributed by atoms with Gasteiger partial charge in [0, 0.05) is 17.2 Å². The molecule has 5 heteroatoms. The van der Waals surface area contributed by atoms with E-state index in [1.807, 2.05) is 13.0 Å². The fraction of sp³-hybridized carbons (Fsp3) is 0.375. The van der Waals surface area contributed by atoms with E-state index in [4.69, 9.17) is 5.11 Å². The highest BCUT2D eigenvalue weighted by Gasteiger charge is 2.23. The van der Waals surface area contributed by atoms with E-state index in [0.29, 0.717) is 11.1 Å². The summed E-state index contributed by atoms with van der Waals surface area (Å²) in [6.07, 6.45) is 2.04. The van der Waals surface area contributed by atoms with Gasteiger partial charge in [-0.1, -0.05) is 11.8 Å². The fourth-order valence-corrected chi connectivity index (χ4v) is 1.90. The zero-order valence-corrected chi connectivity index (χ0v) is 11.9. The van der Waals surface area contributed by atoms with E-state index in [1.165, 1.54) is 0 Å². The summed E-state index contributed by atoms with van der Waals surface area (Å²) >= 11 is 0. The Balaban J connectivity index is 1.97. The third-order valence-electron chi connectivity index (χ3n) is 3.00. The molecule has 0 aromatic heterocycles. The fourth-order valence-electron chi connectivity index (χ4n) is 1.90. The monoisotopic (exact) mass is 286 g/mol. The van der Waals surface area contributed by atoms with E-state index >= 15 is 0 Å². The van der Waals surface area contributed by atoms with Crippen molar-refractivity contribution in [3.8, 4) is 11.8 Å². The quantitative estimate of drug-likeness (QED) is 0.699. The summed E-state index contributed by atoms with van der Waals surface area (Å²) in [5.74, 6) is 4.84. The predicted molar refractivity (Wildman–Crippen MR) is 78.6 cm³/mol. The molecule has 0 heterocycles. The third kappa shape index (κ3) is 4.93. The number of aliphatic hydroxyl groups excluding tert-OH is 1. The SMILES string of the molecule is Cc1cc(C#CCO)cc(C(=O)NCC(=O)NC2CC2)c1. The van der Waals surface area contributed by atoms with Crippen molar-refractivity contribution in [1.82, 2.24) is 10.6 Å². The van der Waals surface area contributed by atoms with Gasteiger partial charge in [0.25, 0.3) is 5.91 Å². The van der Waals surface area contributed by atoms with Crippen LogP contribution < -0.4 is 10.6 Å². The molecule has 21 heavy (non-hydrogen) atoms. The van der Waals surface area contributed by atoms with Crippen molar-refractivity contribution in [2.24, 2.45) is 0 Å². The van der Waals surface area contributed by atoms with E-state index in [0.717, 1.165) is 18.4 Å². The zero-order chi connectivity index (χ0) is 15.2. The summed E-state index contributed by atoms with van der Waals surface area (Å²) in [7, 11) is 0. The molecule has 1 saturated carbocycles. The Morgan fingerprint density at radius 1 is 1.33 bits per heavy atom. The van der Waals surface area contributed by atoms with Gasteiger partial charge in [0.2, 0.25) is 5.91 Å². The highest BCUT2D eigenvalue weighted by Crippen LogP contribution is 2.18. The summed E-state index contributed by atoms with van der Waals surface area (Å²) in [4.78, 5) is 23.6. The number of rotatable bonds is 4. The Bertz CT molecular complexity index is 610. The van der Waals surface area contributed by atoms with Gasteiger partial charge in [0.15, 0.2) is 0 Å². The lowest BCUT2D eigenvalue weighted by Gasteiger charge is -2.07. The topological polar surface area (TPSA) is 78.4 Å². The molecule has 110 valence electrons. The first-order valence-electron chi connectivity index (χ1n) is 6.87. The Morgan fingerprint density at radius 2 is 2.10 bits per heavy atom. The van der Waals surface area contributed by atoms with Crippen LogP contribution in [0.25, 0.3) is 0 Å². The highest BCUT2D eigenvalue weighted by atomic mass is 16.2. The van der Waals surface area contributed by atoms with Gasteiger partial charge in [-0.05, 0) is 43.5 Å². The molecule has 0 atom stereocenters. The number of carbonyl (C=O) groups excluding carboxylic acids is 2. The molecular weight excluding hydrogens is 268 g/mol.